The minimum atomic E-state index is -0.984. The molecule has 3 aromatic rings. The summed E-state index contributed by atoms with van der Waals surface area (Å²) in [4.78, 5) is 43.6. The summed E-state index contributed by atoms with van der Waals surface area (Å²) in [6.45, 7) is 5.26. The summed E-state index contributed by atoms with van der Waals surface area (Å²) >= 11 is 0. The van der Waals surface area contributed by atoms with E-state index in [4.69, 9.17) is 5.73 Å². The highest BCUT2D eigenvalue weighted by Crippen LogP contribution is 2.22. The third kappa shape index (κ3) is 11.0. The lowest BCUT2D eigenvalue weighted by Gasteiger charge is -2.34. The van der Waals surface area contributed by atoms with Gasteiger partial charge in [-0.25, -0.2) is 4.39 Å². The van der Waals surface area contributed by atoms with Crippen molar-refractivity contribution < 1.29 is 23.9 Å². The van der Waals surface area contributed by atoms with Gasteiger partial charge in [0.25, 0.3) is 0 Å². The van der Waals surface area contributed by atoms with Crippen LogP contribution in [0.15, 0.2) is 91.0 Å². The van der Waals surface area contributed by atoms with Gasteiger partial charge in [0.2, 0.25) is 17.7 Å². The normalized spacial score (nSPS) is 13.6. The molecule has 8 nitrogen and oxygen atoms in total. The Morgan fingerprint density at radius 1 is 0.867 bits per heavy atom. The van der Waals surface area contributed by atoms with E-state index in [-0.39, 0.29) is 25.3 Å². The minimum Gasteiger partial charge on any atom is -0.392 e. The Morgan fingerprint density at radius 2 is 1.40 bits per heavy atom. The SMILES string of the molecule is C[C@@H](O)CNC(=O)[C@@H](Cc1ccc(F)cc1)N(C)C(=O)[C@@H](Cc1ccc(-c2ccccc2)cc1)N(C)C(=O)/C=C/CC(C)(C)N. The molecule has 0 spiro atoms. The maximum atomic E-state index is 14.2. The number of carbonyl (C=O) groups excluding carboxylic acids is 3. The van der Waals surface area contributed by atoms with Gasteiger partial charge in [-0.1, -0.05) is 72.8 Å². The largest absolute Gasteiger partial charge is 0.392 e. The van der Waals surface area contributed by atoms with Crippen molar-refractivity contribution in [3.05, 3.63) is 108 Å². The Hall–Kier alpha value is -4.34. The number of aliphatic hydroxyl groups is 1. The van der Waals surface area contributed by atoms with Gasteiger partial charge in [0.15, 0.2) is 0 Å². The molecule has 0 unspecified atom stereocenters. The van der Waals surface area contributed by atoms with Crippen molar-refractivity contribution in [1.82, 2.24) is 15.1 Å². The first-order chi connectivity index (χ1) is 21.2. The van der Waals surface area contributed by atoms with E-state index in [1.807, 2.05) is 68.4 Å². The average Bonchev–Trinajstić information content (AvgIpc) is 3.01. The Kier molecular flexibility index (Phi) is 12.6. The minimum absolute atomic E-state index is 0.00134. The Bertz CT molecular complexity index is 1430. The second-order valence-electron chi connectivity index (χ2n) is 12.2. The quantitative estimate of drug-likeness (QED) is 0.236. The summed E-state index contributed by atoms with van der Waals surface area (Å²) in [7, 11) is 3.09. The molecule has 4 N–H and O–H groups in total. The van der Waals surface area contributed by atoms with E-state index >= 15 is 0 Å². The molecule has 9 heteroatoms. The number of amides is 3. The third-order valence-electron chi connectivity index (χ3n) is 7.53. The Balaban J connectivity index is 1.93. The molecule has 3 rings (SSSR count). The highest BCUT2D eigenvalue weighted by atomic mass is 19.1. The predicted octanol–water partition coefficient (Wildman–Crippen LogP) is 4.11. The number of nitrogens with one attached hydrogen (secondary N) is 1. The number of carbonyl (C=O) groups is 3. The lowest BCUT2D eigenvalue weighted by molar-refractivity contribution is -0.146. The van der Waals surface area contributed by atoms with Crippen molar-refractivity contribution in [2.24, 2.45) is 5.73 Å². The number of halogens is 1. The molecule has 3 amide bonds. The van der Waals surface area contributed by atoms with Gasteiger partial charge in [-0.05, 0) is 67.7 Å². The van der Waals surface area contributed by atoms with Crippen LogP contribution in [-0.4, -0.2) is 77.0 Å². The molecular formula is C36H45FN4O4. The van der Waals surface area contributed by atoms with Gasteiger partial charge in [-0.15, -0.1) is 0 Å². The Morgan fingerprint density at radius 3 is 1.96 bits per heavy atom. The van der Waals surface area contributed by atoms with Gasteiger partial charge in [-0.3, -0.25) is 14.4 Å². The first kappa shape index (κ1) is 35.1. The lowest BCUT2D eigenvalue weighted by Crippen LogP contribution is -2.56. The average molecular weight is 617 g/mol. The molecule has 240 valence electrons. The van der Waals surface area contributed by atoms with Gasteiger partial charge in [0, 0.05) is 39.0 Å². The van der Waals surface area contributed by atoms with Crippen molar-refractivity contribution in [2.75, 3.05) is 20.6 Å². The van der Waals surface area contributed by atoms with Gasteiger partial charge in [-0.2, -0.15) is 0 Å². The van der Waals surface area contributed by atoms with Crippen molar-refractivity contribution in [3.8, 4) is 11.1 Å². The zero-order valence-corrected chi connectivity index (χ0v) is 26.7. The molecule has 0 fully saturated rings. The fraction of sp³-hybridized carbons (Fsp3) is 0.361. The lowest BCUT2D eigenvalue weighted by atomic mass is 9.98. The first-order valence-corrected chi connectivity index (χ1v) is 15.1. The maximum Gasteiger partial charge on any atom is 0.246 e. The number of likely N-dealkylation sites (N-methyl/N-ethyl adjacent to an activating group) is 2. The van der Waals surface area contributed by atoms with Crippen LogP contribution in [0.3, 0.4) is 0 Å². The fourth-order valence-corrected chi connectivity index (χ4v) is 4.82. The summed E-state index contributed by atoms with van der Waals surface area (Å²) in [6.07, 6.45) is 3.10. The molecule has 0 saturated heterocycles. The van der Waals surface area contributed by atoms with E-state index in [9.17, 15) is 23.9 Å². The Labute approximate surface area is 265 Å². The van der Waals surface area contributed by atoms with Crippen molar-refractivity contribution >= 4 is 17.7 Å². The van der Waals surface area contributed by atoms with Gasteiger partial charge in [0.05, 0.1) is 6.10 Å². The van der Waals surface area contributed by atoms with E-state index in [0.717, 1.165) is 16.7 Å². The van der Waals surface area contributed by atoms with Gasteiger partial charge >= 0.3 is 0 Å². The van der Waals surface area contributed by atoms with Crippen LogP contribution >= 0.6 is 0 Å². The highest BCUT2D eigenvalue weighted by Gasteiger charge is 2.35. The molecule has 0 heterocycles. The van der Waals surface area contributed by atoms with Crippen LogP contribution in [0, 0.1) is 5.82 Å². The number of hydrogen-bond acceptors (Lipinski definition) is 5. The first-order valence-electron chi connectivity index (χ1n) is 15.1. The second-order valence-corrected chi connectivity index (χ2v) is 12.2. The molecule has 45 heavy (non-hydrogen) atoms. The summed E-state index contributed by atoms with van der Waals surface area (Å²) in [5.74, 6) is -1.70. The van der Waals surface area contributed by atoms with Crippen LogP contribution in [0.4, 0.5) is 4.39 Å². The number of hydrogen-bond donors (Lipinski definition) is 3. The molecular weight excluding hydrogens is 571 g/mol. The van der Waals surface area contributed by atoms with Crippen LogP contribution in [0.5, 0.6) is 0 Å². The molecule has 0 aliphatic carbocycles. The van der Waals surface area contributed by atoms with Crippen LogP contribution in [-0.2, 0) is 27.2 Å². The summed E-state index contributed by atoms with van der Waals surface area (Å²) in [5, 5.41) is 12.4. The predicted molar refractivity (Wildman–Crippen MR) is 176 cm³/mol. The molecule has 3 atom stereocenters. The second kappa shape index (κ2) is 16.1. The van der Waals surface area contributed by atoms with Crippen molar-refractivity contribution in [2.45, 2.75) is 63.8 Å². The smallest absolute Gasteiger partial charge is 0.246 e. The number of benzene rings is 3. The number of aliphatic hydroxyl groups excluding tert-OH is 1. The van der Waals surface area contributed by atoms with E-state index in [1.54, 1.807) is 32.2 Å². The molecule has 0 aliphatic heterocycles. The maximum absolute atomic E-state index is 14.2. The molecule has 0 aromatic heterocycles. The number of nitrogens with zero attached hydrogens (tertiary/aromatic N) is 2. The third-order valence-corrected chi connectivity index (χ3v) is 7.53. The molecule has 3 aromatic carbocycles. The van der Waals surface area contributed by atoms with Crippen LogP contribution in [0.25, 0.3) is 11.1 Å². The zero-order valence-electron chi connectivity index (χ0n) is 26.7. The van der Waals surface area contributed by atoms with Crippen molar-refractivity contribution in [1.29, 1.82) is 0 Å². The molecule has 0 bridgehead atoms. The van der Waals surface area contributed by atoms with Gasteiger partial charge in [0.1, 0.15) is 17.9 Å². The summed E-state index contributed by atoms with van der Waals surface area (Å²) in [5.41, 5.74) is 9.13. The zero-order chi connectivity index (χ0) is 33.1. The van der Waals surface area contributed by atoms with E-state index in [2.05, 4.69) is 5.32 Å². The number of nitrogens with two attached hydrogens (primary N) is 1. The van der Waals surface area contributed by atoms with Crippen LogP contribution in [0.1, 0.15) is 38.3 Å². The van der Waals surface area contributed by atoms with E-state index < -0.39 is 41.4 Å². The fourth-order valence-electron chi connectivity index (χ4n) is 4.82. The van der Waals surface area contributed by atoms with Crippen LogP contribution < -0.4 is 11.1 Å². The van der Waals surface area contributed by atoms with E-state index in [1.165, 1.54) is 35.1 Å². The summed E-state index contributed by atoms with van der Waals surface area (Å²) < 4.78 is 13.6. The molecule has 0 radical (unpaired) electrons. The topological polar surface area (TPSA) is 116 Å². The summed E-state index contributed by atoms with van der Waals surface area (Å²) in [6, 6.07) is 21.5. The highest BCUT2D eigenvalue weighted by molar-refractivity contribution is 5.95. The van der Waals surface area contributed by atoms with E-state index in [0.29, 0.717) is 12.0 Å². The van der Waals surface area contributed by atoms with Crippen molar-refractivity contribution in [3.63, 3.8) is 0 Å². The molecule has 0 aliphatic rings. The standard InChI is InChI=1S/C36H45FN4O4/c1-25(42)24-39-34(44)31(22-27-15-19-30(37)20-16-27)41(5)35(45)32(40(4)33(43)12-9-21-36(2,3)38)23-26-13-17-29(18-14-26)28-10-7-6-8-11-28/h6-20,25,31-32,42H,21-24,38H2,1-5H3,(H,39,44)/b12-9+/t25-,31-,32-/m1/s1. The molecule has 0 saturated carbocycles. The van der Waals surface area contributed by atoms with Crippen LogP contribution in [0.2, 0.25) is 0 Å². The monoisotopic (exact) mass is 616 g/mol. The number of rotatable bonds is 14. The van der Waals surface area contributed by atoms with Gasteiger partial charge < -0.3 is 26.0 Å².